The van der Waals surface area contributed by atoms with Crippen LogP contribution in [0.1, 0.15) is 17.5 Å². The van der Waals surface area contributed by atoms with Gasteiger partial charge in [0.2, 0.25) is 0 Å². The second-order valence-electron chi connectivity index (χ2n) is 6.65. The predicted molar refractivity (Wildman–Crippen MR) is 113 cm³/mol. The summed E-state index contributed by atoms with van der Waals surface area (Å²) < 4.78 is 18.6. The molecular weight excluding hydrogens is 368 g/mol. The molecule has 1 aliphatic rings. The number of aromatic nitrogens is 1. The van der Waals surface area contributed by atoms with Crippen molar-refractivity contribution >= 4 is 16.6 Å². The number of ether oxygens (including phenoxy) is 3. The number of methoxy groups -OCH3 is 3. The molecule has 3 aromatic rings. The molecule has 0 atom stereocenters. The first kappa shape index (κ1) is 18.8. The van der Waals surface area contributed by atoms with Crippen molar-refractivity contribution in [1.82, 2.24) is 4.57 Å². The minimum absolute atomic E-state index is 0.353. The summed E-state index contributed by atoms with van der Waals surface area (Å²) in [6.45, 7) is 0.353. The molecule has 4 rings (SSSR count). The Balaban J connectivity index is 2.00. The molecule has 0 bridgehead atoms. The normalized spacial score (nSPS) is 13.1. The highest BCUT2D eigenvalue weighted by atomic mass is 16.6. The Labute approximate surface area is 169 Å². The van der Waals surface area contributed by atoms with Gasteiger partial charge in [-0.3, -0.25) is 0 Å². The molecule has 0 radical (unpaired) electrons. The van der Waals surface area contributed by atoms with Crippen LogP contribution >= 0.6 is 0 Å². The van der Waals surface area contributed by atoms with Gasteiger partial charge in [-0.25, -0.2) is 0 Å². The lowest BCUT2D eigenvalue weighted by atomic mass is 10.1. The van der Waals surface area contributed by atoms with E-state index < -0.39 is 0 Å². The molecule has 1 heterocycles. The zero-order valence-electron chi connectivity index (χ0n) is 16.9. The number of hydrogen-bond donors (Lipinski definition) is 0. The zero-order chi connectivity index (χ0) is 20.5. The average Bonchev–Trinajstić information content (AvgIpc) is 3.22. The lowest BCUT2D eigenvalue weighted by Crippen LogP contribution is -2.02. The second-order valence-corrected chi connectivity index (χ2v) is 6.65. The number of aryl methyl sites for hydroxylation is 1. The molecule has 0 unspecified atom stereocenters. The van der Waals surface area contributed by atoms with Gasteiger partial charge < -0.3 is 23.6 Å². The summed E-state index contributed by atoms with van der Waals surface area (Å²) in [4.78, 5) is 5.55. The van der Waals surface area contributed by atoms with E-state index >= 15 is 0 Å². The number of nitrogens with zero attached hydrogens (tertiary/aromatic N) is 2. The SMILES string of the molecule is C#CCCON=C1c2cc(OC)c(OC)cc2-c2c1c1cc(OC)ccc1n2C. The van der Waals surface area contributed by atoms with Crippen molar-refractivity contribution < 1.29 is 19.0 Å². The minimum atomic E-state index is 0.353. The Morgan fingerprint density at radius 2 is 1.72 bits per heavy atom. The zero-order valence-corrected chi connectivity index (χ0v) is 16.9. The van der Waals surface area contributed by atoms with E-state index in [1.807, 2.05) is 37.4 Å². The van der Waals surface area contributed by atoms with Crippen LogP contribution in [0.2, 0.25) is 0 Å². The molecule has 6 nitrogen and oxygen atoms in total. The third kappa shape index (κ3) is 2.87. The van der Waals surface area contributed by atoms with Gasteiger partial charge in [-0.05, 0) is 30.3 Å². The molecule has 0 saturated heterocycles. The highest BCUT2D eigenvalue weighted by Crippen LogP contribution is 2.47. The summed E-state index contributed by atoms with van der Waals surface area (Å²) >= 11 is 0. The van der Waals surface area contributed by atoms with Crippen LogP contribution in [0.25, 0.3) is 22.2 Å². The van der Waals surface area contributed by atoms with Crippen LogP contribution in [-0.2, 0) is 11.9 Å². The van der Waals surface area contributed by atoms with Crippen molar-refractivity contribution in [1.29, 1.82) is 0 Å². The fourth-order valence-electron chi connectivity index (χ4n) is 3.82. The first-order valence-corrected chi connectivity index (χ1v) is 9.21. The number of terminal acetylenes is 1. The maximum absolute atomic E-state index is 5.55. The summed E-state index contributed by atoms with van der Waals surface area (Å²) in [6.07, 6.45) is 5.82. The number of rotatable bonds is 6. The first-order valence-electron chi connectivity index (χ1n) is 9.21. The summed E-state index contributed by atoms with van der Waals surface area (Å²) in [6, 6.07) is 9.93. The number of oxime groups is 1. The molecule has 1 aliphatic carbocycles. The predicted octanol–water partition coefficient (Wildman–Crippen LogP) is 3.98. The number of benzene rings is 2. The fourth-order valence-corrected chi connectivity index (χ4v) is 3.82. The third-order valence-electron chi connectivity index (χ3n) is 5.17. The quantitative estimate of drug-likeness (QED) is 0.284. The monoisotopic (exact) mass is 390 g/mol. The van der Waals surface area contributed by atoms with Gasteiger partial charge in [0.1, 0.15) is 18.1 Å². The van der Waals surface area contributed by atoms with E-state index in [9.17, 15) is 0 Å². The average molecular weight is 390 g/mol. The molecule has 0 aliphatic heterocycles. The Kier molecular flexibility index (Phi) is 4.81. The van der Waals surface area contributed by atoms with Crippen molar-refractivity contribution in [3.05, 3.63) is 41.5 Å². The Morgan fingerprint density at radius 1 is 1.00 bits per heavy atom. The summed E-state index contributed by atoms with van der Waals surface area (Å²) in [5.41, 5.74) is 5.79. The van der Waals surface area contributed by atoms with Crippen LogP contribution in [0.4, 0.5) is 0 Å². The molecule has 148 valence electrons. The Bertz CT molecular complexity index is 1170. The lowest BCUT2D eigenvalue weighted by molar-refractivity contribution is 0.151. The van der Waals surface area contributed by atoms with Gasteiger partial charge in [0.05, 0.1) is 27.0 Å². The molecule has 6 heteroatoms. The van der Waals surface area contributed by atoms with Gasteiger partial charge in [0.15, 0.2) is 11.5 Å². The van der Waals surface area contributed by atoms with Gasteiger partial charge in [0, 0.05) is 41.1 Å². The third-order valence-corrected chi connectivity index (χ3v) is 5.17. The van der Waals surface area contributed by atoms with Crippen LogP contribution < -0.4 is 14.2 Å². The molecule has 0 amide bonds. The van der Waals surface area contributed by atoms with Crippen molar-refractivity contribution in [3.63, 3.8) is 0 Å². The van der Waals surface area contributed by atoms with Crippen molar-refractivity contribution in [2.24, 2.45) is 12.2 Å². The van der Waals surface area contributed by atoms with Crippen LogP contribution in [0, 0.1) is 12.3 Å². The van der Waals surface area contributed by atoms with Gasteiger partial charge in [0.25, 0.3) is 0 Å². The maximum Gasteiger partial charge on any atom is 0.161 e. The van der Waals surface area contributed by atoms with E-state index in [4.69, 9.17) is 25.5 Å². The second kappa shape index (κ2) is 7.44. The standard InChI is InChI=1S/C23H22N2O4/c1-6-7-10-29-24-22-15-12-19(27-4)20(28-5)13-16(15)23-21(22)17-11-14(26-3)8-9-18(17)25(23)2/h1,8-9,11-13H,7,10H2,2-5H3. The Hall–Kier alpha value is -3.59. The van der Waals surface area contributed by atoms with E-state index in [1.165, 1.54) is 0 Å². The minimum Gasteiger partial charge on any atom is -0.497 e. The van der Waals surface area contributed by atoms with E-state index in [0.717, 1.165) is 44.7 Å². The largest absolute Gasteiger partial charge is 0.497 e. The molecule has 1 aromatic heterocycles. The maximum atomic E-state index is 5.55. The van der Waals surface area contributed by atoms with Crippen LogP contribution in [0.3, 0.4) is 0 Å². The number of fused-ring (bicyclic) bond motifs is 5. The Morgan fingerprint density at radius 3 is 2.38 bits per heavy atom. The van der Waals surface area contributed by atoms with Gasteiger partial charge >= 0.3 is 0 Å². The van der Waals surface area contributed by atoms with Crippen LogP contribution in [-0.4, -0.2) is 38.2 Å². The van der Waals surface area contributed by atoms with Crippen LogP contribution in [0.15, 0.2) is 35.5 Å². The van der Waals surface area contributed by atoms with Crippen molar-refractivity contribution in [2.45, 2.75) is 6.42 Å². The van der Waals surface area contributed by atoms with Gasteiger partial charge in [-0.1, -0.05) is 5.16 Å². The molecule has 0 fully saturated rings. The van der Waals surface area contributed by atoms with Crippen molar-refractivity contribution in [3.8, 4) is 40.8 Å². The van der Waals surface area contributed by atoms with Gasteiger partial charge in [-0.15, -0.1) is 12.3 Å². The van der Waals surface area contributed by atoms with Gasteiger partial charge in [-0.2, -0.15) is 0 Å². The molecule has 0 saturated carbocycles. The summed E-state index contributed by atoms with van der Waals surface area (Å²) in [5, 5.41) is 5.50. The highest BCUT2D eigenvalue weighted by Gasteiger charge is 2.33. The van der Waals surface area contributed by atoms with Crippen LogP contribution in [0.5, 0.6) is 17.2 Å². The molecule has 29 heavy (non-hydrogen) atoms. The van der Waals surface area contributed by atoms with E-state index in [1.54, 1.807) is 21.3 Å². The van der Waals surface area contributed by atoms with Crippen molar-refractivity contribution in [2.75, 3.05) is 27.9 Å². The number of hydrogen-bond acceptors (Lipinski definition) is 5. The lowest BCUT2D eigenvalue weighted by Gasteiger charge is -2.12. The molecule has 0 spiro atoms. The first-order chi connectivity index (χ1) is 14.1. The van der Waals surface area contributed by atoms with E-state index in [-0.39, 0.29) is 0 Å². The smallest absolute Gasteiger partial charge is 0.161 e. The van der Waals surface area contributed by atoms with E-state index in [0.29, 0.717) is 24.5 Å². The highest BCUT2D eigenvalue weighted by molar-refractivity contribution is 6.30. The topological polar surface area (TPSA) is 54.2 Å². The molecule has 0 N–H and O–H groups in total. The summed E-state index contributed by atoms with van der Waals surface area (Å²) in [7, 11) is 6.94. The van der Waals surface area contributed by atoms with E-state index in [2.05, 4.69) is 15.6 Å². The molecular formula is C23H22N2O4. The molecule has 2 aromatic carbocycles. The fraction of sp³-hybridized carbons (Fsp3) is 0.261. The summed E-state index contributed by atoms with van der Waals surface area (Å²) in [5.74, 6) is 4.64.